The number of hydrogen-bond acceptors (Lipinski definition) is 2. The predicted octanol–water partition coefficient (Wildman–Crippen LogP) is 1.71. The van der Waals surface area contributed by atoms with Gasteiger partial charge in [0, 0.05) is 11.3 Å². The highest BCUT2D eigenvalue weighted by molar-refractivity contribution is 6.19. The normalized spacial score (nSPS) is 12.9. The third-order valence-corrected chi connectivity index (χ3v) is 1.44. The highest BCUT2D eigenvalue weighted by Crippen LogP contribution is 2.12. The molecular weight excluding hydrogens is 126 g/mol. The Balaban J connectivity index is 3.71. The summed E-state index contributed by atoms with van der Waals surface area (Å²) in [7, 11) is 0. The average molecular weight is 136 g/mol. The molecule has 48 valence electrons. The van der Waals surface area contributed by atoms with Crippen LogP contribution in [0.3, 0.4) is 0 Å². The van der Waals surface area contributed by atoms with E-state index in [1.807, 2.05) is 13.8 Å². The minimum Gasteiger partial charge on any atom is -0.411 e. The Hall–Kier alpha value is -0.240. The molecule has 0 aromatic rings. The van der Waals surface area contributed by atoms with Gasteiger partial charge in [-0.25, -0.2) is 0 Å². The van der Waals surface area contributed by atoms with Crippen LogP contribution < -0.4 is 0 Å². The van der Waals surface area contributed by atoms with E-state index in [2.05, 4.69) is 5.16 Å². The van der Waals surface area contributed by atoms with E-state index in [0.717, 1.165) is 0 Å². The first-order valence-electron chi connectivity index (χ1n) is 2.37. The molecule has 3 heteroatoms. The molecule has 8 heavy (non-hydrogen) atoms. The lowest BCUT2D eigenvalue weighted by molar-refractivity contribution is 0.315. The Kier molecular flexibility index (Phi) is 2.84. The number of nitrogens with zero attached hydrogens (tertiary/aromatic N) is 1. The minimum atomic E-state index is -0.184. The van der Waals surface area contributed by atoms with Crippen LogP contribution in [-0.2, 0) is 0 Å². The lowest BCUT2D eigenvalue weighted by atomic mass is 9.99. The maximum absolute atomic E-state index is 8.04. The molecule has 2 nitrogen and oxygen atoms in total. The lowest BCUT2D eigenvalue weighted by Crippen LogP contribution is -2.14. The van der Waals surface area contributed by atoms with Crippen molar-refractivity contribution in [3.05, 3.63) is 0 Å². The Morgan fingerprint density at radius 2 is 2.25 bits per heavy atom. The third kappa shape index (κ3) is 2.86. The molecule has 1 N–H and O–H groups in total. The zero-order valence-electron chi connectivity index (χ0n) is 5.06. The molecule has 0 aliphatic carbocycles. The predicted molar refractivity (Wildman–Crippen MR) is 34.8 cm³/mol. The number of oxime groups is 1. The van der Waals surface area contributed by atoms with E-state index in [9.17, 15) is 0 Å². The molecule has 0 amide bonds. The van der Waals surface area contributed by atoms with Crippen molar-refractivity contribution in [2.75, 3.05) is 5.88 Å². The number of halogens is 1. The van der Waals surface area contributed by atoms with E-state index >= 15 is 0 Å². The van der Waals surface area contributed by atoms with Crippen LogP contribution in [0, 0.1) is 5.41 Å². The van der Waals surface area contributed by atoms with Gasteiger partial charge in [-0.1, -0.05) is 13.8 Å². The van der Waals surface area contributed by atoms with Gasteiger partial charge in [-0.3, -0.25) is 0 Å². The van der Waals surface area contributed by atoms with Crippen LogP contribution in [0.1, 0.15) is 13.8 Å². The van der Waals surface area contributed by atoms with Crippen molar-refractivity contribution < 1.29 is 5.21 Å². The van der Waals surface area contributed by atoms with E-state index in [1.165, 1.54) is 6.21 Å². The van der Waals surface area contributed by atoms with Gasteiger partial charge < -0.3 is 5.21 Å². The van der Waals surface area contributed by atoms with Gasteiger partial charge in [-0.2, -0.15) is 0 Å². The summed E-state index contributed by atoms with van der Waals surface area (Å²) in [6.45, 7) is 3.78. The summed E-state index contributed by atoms with van der Waals surface area (Å²) in [4.78, 5) is 0. The van der Waals surface area contributed by atoms with Crippen molar-refractivity contribution in [3.63, 3.8) is 0 Å². The van der Waals surface area contributed by atoms with Crippen molar-refractivity contribution in [3.8, 4) is 0 Å². The molecule has 0 aromatic carbocycles. The molecule has 0 aromatic heterocycles. The number of hydrogen-bond donors (Lipinski definition) is 1. The largest absolute Gasteiger partial charge is 0.411 e. The quantitative estimate of drug-likeness (QED) is 0.266. The summed E-state index contributed by atoms with van der Waals surface area (Å²) < 4.78 is 0. The van der Waals surface area contributed by atoms with E-state index in [4.69, 9.17) is 16.8 Å². The summed E-state index contributed by atoms with van der Waals surface area (Å²) in [6.07, 6.45) is 1.42. The zero-order chi connectivity index (χ0) is 6.62. The molecule has 0 saturated heterocycles. The Morgan fingerprint density at radius 1 is 1.75 bits per heavy atom. The topological polar surface area (TPSA) is 32.6 Å². The van der Waals surface area contributed by atoms with Crippen molar-refractivity contribution in [2.24, 2.45) is 10.6 Å². The summed E-state index contributed by atoms with van der Waals surface area (Å²) in [5.74, 6) is 0.469. The van der Waals surface area contributed by atoms with Gasteiger partial charge >= 0.3 is 0 Å². The molecule has 0 radical (unpaired) electrons. The van der Waals surface area contributed by atoms with Gasteiger partial charge in [0.1, 0.15) is 0 Å². The molecule has 0 saturated carbocycles. The number of rotatable bonds is 2. The average Bonchev–Trinajstić information content (AvgIpc) is 1.67. The molecule has 0 rings (SSSR count). The van der Waals surface area contributed by atoms with Gasteiger partial charge in [-0.15, -0.1) is 16.8 Å². The Morgan fingerprint density at radius 3 is 2.38 bits per heavy atom. The van der Waals surface area contributed by atoms with Crippen LogP contribution in [0.25, 0.3) is 0 Å². The van der Waals surface area contributed by atoms with Gasteiger partial charge in [0.25, 0.3) is 0 Å². The highest BCUT2D eigenvalue weighted by atomic mass is 35.5. The Bertz CT molecular complexity index is 90.4. The van der Waals surface area contributed by atoms with Gasteiger partial charge in [-0.05, 0) is 0 Å². The fourth-order valence-corrected chi connectivity index (χ4v) is 0.260. The molecule has 0 bridgehead atoms. The fraction of sp³-hybridized carbons (Fsp3) is 0.800. The second-order valence-electron chi connectivity index (χ2n) is 2.37. The maximum atomic E-state index is 8.04. The van der Waals surface area contributed by atoms with E-state index in [0.29, 0.717) is 5.88 Å². The fourth-order valence-electron chi connectivity index (χ4n) is 0.191. The molecule has 0 unspecified atom stereocenters. The van der Waals surface area contributed by atoms with Gasteiger partial charge in [0.05, 0.1) is 6.21 Å². The smallest absolute Gasteiger partial charge is 0.0504 e. The van der Waals surface area contributed by atoms with Gasteiger partial charge in [0.15, 0.2) is 0 Å². The third-order valence-electron chi connectivity index (χ3n) is 0.752. The van der Waals surface area contributed by atoms with Crippen molar-refractivity contribution >= 4 is 17.8 Å². The summed E-state index contributed by atoms with van der Waals surface area (Å²) in [6, 6.07) is 0. The van der Waals surface area contributed by atoms with E-state index in [1.54, 1.807) is 0 Å². The van der Waals surface area contributed by atoms with Crippen LogP contribution in [0.5, 0.6) is 0 Å². The number of alkyl halides is 1. The van der Waals surface area contributed by atoms with Crippen LogP contribution in [0.4, 0.5) is 0 Å². The lowest BCUT2D eigenvalue weighted by Gasteiger charge is -2.11. The standard InChI is InChI=1S/C5H10ClNO/c1-5(2,3-6)4-7-8/h4,8H,3H2,1-2H3/b7-4+. The van der Waals surface area contributed by atoms with Crippen molar-refractivity contribution in [1.82, 2.24) is 0 Å². The van der Waals surface area contributed by atoms with E-state index in [-0.39, 0.29) is 5.41 Å². The van der Waals surface area contributed by atoms with E-state index < -0.39 is 0 Å². The summed E-state index contributed by atoms with van der Waals surface area (Å²) in [5.41, 5.74) is -0.184. The second-order valence-corrected chi connectivity index (χ2v) is 2.63. The van der Waals surface area contributed by atoms with Gasteiger partial charge in [0.2, 0.25) is 0 Å². The van der Waals surface area contributed by atoms with Crippen molar-refractivity contribution in [2.45, 2.75) is 13.8 Å². The van der Waals surface area contributed by atoms with Crippen LogP contribution >= 0.6 is 11.6 Å². The first kappa shape index (κ1) is 7.76. The van der Waals surface area contributed by atoms with Crippen molar-refractivity contribution in [1.29, 1.82) is 0 Å². The monoisotopic (exact) mass is 135 g/mol. The molecule has 0 aliphatic heterocycles. The van der Waals surface area contributed by atoms with Crippen LogP contribution in [-0.4, -0.2) is 17.3 Å². The first-order chi connectivity index (χ1) is 3.62. The molecular formula is C5H10ClNO. The maximum Gasteiger partial charge on any atom is 0.0504 e. The summed E-state index contributed by atoms with van der Waals surface area (Å²) in [5, 5.41) is 10.9. The van der Waals surface area contributed by atoms with Crippen LogP contribution in [0.15, 0.2) is 5.16 Å². The molecule has 0 fully saturated rings. The minimum absolute atomic E-state index is 0.184. The molecule has 0 atom stereocenters. The molecule has 0 heterocycles. The second kappa shape index (κ2) is 2.92. The SMILES string of the molecule is CC(C)(/C=N/O)CCl. The highest BCUT2D eigenvalue weighted by Gasteiger charge is 2.12. The van der Waals surface area contributed by atoms with Crippen LogP contribution in [0.2, 0.25) is 0 Å². The summed E-state index contributed by atoms with van der Waals surface area (Å²) >= 11 is 5.47. The molecule has 0 spiro atoms. The first-order valence-corrected chi connectivity index (χ1v) is 2.90. The zero-order valence-corrected chi connectivity index (χ0v) is 5.81. The molecule has 0 aliphatic rings. The Labute approximate surface area is 54.1 Å².